The quantitative estimate of drug-likeness (QED) is 0.606. The van der Waals surface area contributed by atoms with Gasteiger partial charge in [0.15, 0.2) is 0 Å². The van der Waals surface area contributed by atoms with E-state index in [0.717, 1.165) is 18.8 Å². The minimum atomic E-state index is -0.194. The van der Waals surface area contributed by atoms with Gasteiger partial charge < -0.3 is 0 Å². The third kappa shape index (κ3) is 1.93. The third-order valence-electron chi connectivity index (χ3n) is 3.02. The summed E-state index contributed by atoms with van der Waals surface area (Å²) in [5.41, 5.74) is -0.194. The summed E-state index contributed by atoms with van der Waals surface area (Å²) in [6.07, 6.45) is 5.68. The molecule has 1 rings (SSSR count). The van der Waals surface area contributed by atoms with Gasteiger partial charge in [0, 0.05) is 5.88 Å². The Kier molecular flexibility index (Phi) is 3.40. The molecule has 0 aromatic rings. The Bertz CT molecular complexity index is 185. The summed E-state index contributed by atoms with van der Waals surface area (Å²) in [6, 6.07) is 2.40. The maximum atomic E-state index is 9.02. The van der Waals surface area contributed by atoms with Crippen LogP contribution >= 0.6 is 11.6 Å². The molecule has 2 unspecified atom stereocenters. The van der Waals surface area contributed by atoms with Gasteiger partial charge in [-0.15, -0.1) is 11.6 Å². The second-order valence-corrected chi connectivity index (χ2v) is 4.16. The standard InChI is InChI=1S/C10H16ClN/c1-2-9-4-3-5-10(6-9,7-11)8-12/h9H,2-7H2,1H3. The maximum Gasteiger partial charge on any atom is 0.0711 e. The summed E-state index contributed by atoms with van der Waals surface area (Å²) >= 11 is 5.84. The Hall–Kier alpha value is -0.220. The van der Waals surface area contributed by atoms with Gasteiger partial charge in [-0.05, 0) is 18.8 Å². The molecule has 1 aliphatic carbocycles. The van der Waals surface area contributed by atoms with Crippen molar-refractivity contribution < 1.29 is 0 Å². The fourth-order valence-electron chi connectivity index (χ4n) is 2.09. The SMILES string of the molecule is CCC1CCCC(C#N)(CCl)C1. The van der Waals surface area contributed by atoms with Crippen LogP contribution in [0.25, 0.3) is 0 Å². The lowest BCUT2D eigenvalue weighted by Gasteiger charge is -2.33. The largest absolute Gasteiger partial charge is 0.198 e. The maximum absolute atomic E-state index is 9.02. The van der Waals surface area contributed by atoms with Crippen molar-refractivity contribution in [2.75, 3.05) is 5.88 Å². The first-order chi connectivity index (χ1) is 5.76. The number of nitriles is 1. The molecule has 0 saturated heterocycles. The lowest BCUT2D eigenvalue weighted by Crippen LogP contribution is -2.28. The molecule has 12 heavy (non-hydrogen) atoms. The minimum absolute atomic E-state index is 0.194. The molecular formula is C10H16ClN. The zero-order valence-electron chi connectivity index (χ0n) is 7.65. The van der Waals surface area contributed by atoms with Crippen LogP contribution in [-0.2, 0) is 0 Å². The molecule has 0 N–H and O–H groups in total. The first kappa shape index (κ1) is 9.86. The molecule has 2 atom stereocenters. The molecular weight excluding hydrogens is 170 g/mol. The Morgan fingerprint density at radius 1 is 1.67 bits per heavy atom. The third-order valence-corrected chi connectivity index (χ3v) is 3.53. The van der Waals surface area contributed by atoms with E-state index in [1.54, 1.807) is 0 Å². The first-order valence-corrected chi connectivity index (χ1v) is 5.27. The smallest absolute Gasteiger partial charge is 0.0711 e. The average Bonchev–Trinajstić information content (AvgIpc) is 2.18. The lowest BCUT2D eigenvalue weighted by molar-refractivity contribution is 0.218. The van der Waals surface area contributed by atoms with E-state index in [2.05, 4.69) is 13.0 Å². The van der Waals surface area contributed by atoms with Gasteiger partial charge in [0.25, 0.3) is 0 Å². The van der Waals surface area contributed by atoms with Crippen LogP contribution in [0.4, 0.5) is 0 Å². The average molecular weight is 186 g/mol. The molecule has 68 valence electrons. The molecule has 2 heteroatoms. The molecule has 1 aliphatic rings. The summed E-state index contributed by atoms with van der Waals surface area (Å²) < 4.78 is 0. The monoisotopic (exact) mass is 185 g/mol. The number of hydrogen-bond acceptors (Lipinski definition) is 1. The fourth-order valence-corrected chi connectivity index (χ4v) is 2.39. The Balaban J connectivity index is 2.60. The summed E-state index contributed by atoms with van der Waals surface area (Å²) in [5.74, 6) is 1.25. The highest BCUT2D eigenvalue weighted by Gasteiger charge is 2.34. The van der Waals surface area contributed by atoms with E-state index in [4.69, 9.17) is 16.9 Å². The van der Waals surface area contributed by atoms with E-state index in [9.17, 15) is 0 Å². The minimum Gasteiger partial charge on any atom is -0.198 e. The Morgan fingerprint density at radius 3 is 2.92 bits per heavy atom. The Morgan fingerprint density at radius 2 is 2.42 bits per heavy atom. The van der Waals surface area contributed by atoms with Gasteiger partial charge in [0.2, 0.25) is 0 Å². The van der Waals surface area contributed by atoms with E-state index in [0.29, 0.717) is 5.88 Å². The van der Waals surface area contributed by atoms with E-state index in [1.165, 1.54) is 19.3 Å². The van der Waals surface area contributed by atoms with Crippen molar-refractivity contribution in [1.29, 1.82) is 5.26 Å². The van der Waals surface area contributed by atoms with Crippen molar-refractivity contribution in [3.8, 4) is 6.07 Å². The topological polar surface area (TPSA) is 23.8 Å². The van der Waals surface area contributed by atoms with Crippen molar-refractivity contribution in [3.05, 3.63) is 0 Å². The van der Waals surface area contributed by atoms with E-state index < -0.39 is 0 Å². The summed E-state index contributed by atoms with van der Waals surface area (Å²) in [5, 5.41) is 9.02. The highest BCUT2D eigenvalue weighted by molar-refractivity contribution is 6.18. The van der Waals surface area contributed by atoms with E-state index in [1.807, 2.05) is 0 Å². The van der Waals surface area contributed by atoms with Crippen molar-refractivity contribution in [3.63, 3.8) is 0 Å². The van der Waals surface area contributed by atoms with Gasteiger partial charge in [-0.1, -0.05) is 26.2 Å². The molecule has 1 fully saturated rings. The van der Waals surface area contributed by atoms with Gasteiger partial charge in [-0.3, -0.25) is 0 Å². The van der Waals surface area contributed by atoms with Crippen LogP contribution in [0, 0.1) is 22.7 Å². The molecule has 0 aromatic heterocycles. The van der Waals surface area contributed by atoms with Gasteiger partial charge in [-0.2, -0.15) is 5.26 Å². The molecule has 0 aliphatic heterocycles. The zero-order valence-corrected chi connectivity index (χ0v) is 8.40. The van der Waals surface area contributed by atoms with Gasteiger partial charge in [-0.25, -0.2) is 0 Å². The second-order valence-electron chi connectivity index (χ2n) is 3.90. The van der Waals surface area contributed by atoms with Crippen molar-refractivity contribution in [1.82, 2.24) is 0 Å². The van der Waals surface area contributed by atoms with E-state index >= 15 is 0 Å². The molecule has 0 radical (unpaired) electrons. The number of nitrogens with zero attached hydrogens (tertiary/aromatic N) is 1. The van der Waals surface area contributed by atoms with Crippen LogP contribution in [0.2, 0.25) is 0 Å². The summed E-state index contributed by atoms with van der Waals surface area (Å²) in [7, 11) is 0. The van der Waals surface area contributed by atoms with Gasteiger partial charge in [0.05, 0.1) is 11.5 Å². The van der Waals surface area contributed by atoms with Crippen LogP contribution in [0.1, 0.15) is 39.0 Å². The van der Waals surface area contributed by atoms with Crippen LogP contribution < -0.4 is 0 Å². The second kappa shape index (κ2) is 4.14. The molecule has 0 aromatic carbocycles. The number of halogens is 1. The molecule has 0 heterocycles. The number of alkyl halides is 1. The molecule has 1 saturated carbocycles. The van der Waals surface area contributed by atoms with Crippen molar-refractivity contribution in [2.24, 2.45) is 11.3 Å². The lowest BCUT2D eigenvalue weighted by atomic mass is 9.71. The molecule has 1 nitrogen and oxygen atoms in total. The number of hydrogen-bond donors (Lipinski definition) is 0. The van der Waals surface area contributed by atoms with E-state index in [-0.39, 0.29) is 5.41 Å². The van der Waals surface area contributed by atoms with Gasteiger partial charge in [0.1, 0.15) is 0 Å². The summed E-state index contributed by atoms with van der Waals surface area (Å²) in [4.78, 5) is 0. The Labute approximate surface area is 79.7 Å². The van der Waals surface area contributed by atoms with Crippen LogP contribution in [0.3, 0.4) is 0 Å². The normalized spacial score (nSPS) is 35.9. The van der Waals surface area contributed by atoms with Crippen LogP contribution in [0.15, 0.2) is 0 Å². The van der Waals surface area contributed by atoms with Crippen LogP contribution in [-0.4, -0.2) is 5.88 Å². The highest BCUT2D eigenvalue weighted by Crippen LogP contribution is 2.40. The molecule has 0 bridgehead atoms. The molecule has 0 amide bonds. The molecule has 0 spiro atoms. The first-order valence-electron chi connectivity index (χ1n) is 4.73. The zero-order chi connectivity index (χ0) is 9.03. The fraction of sp³-hybridized carbons (Fsp3) is 0.900. The predicted molar refractivity (Wildman–Crippen MR) is 51.0 cm³/mol. The van der Waals surface area contributed by atoms with Crippen molar-refractivity contribution in [2.45, 2.75) is 39.0 Å². The number of rotatable bonds is 2. The highest BCUT2D eigenvalue weighted by atomic mass is 35.5. The van der Waals surface area contributed by atoms with Crippen LogP contribution in [0.5, 0.6) is 0 Å². The summed E-state index contributed by atoms with van der Waals surface area (Å²) in [6.45, 7) is 2.20. The van der Waals surface area contributed by atoms with Gasteiger partial charge >= 0.3 is 0 Å². The van der Waals surface area contributed by atoms with Crippen molar-refractivity contribution >= 4 is 11.6 Å². The predicted octanol–water partition coefficient (Wildman–Crippen LogP) is 3.34.